The second-order valence-corrected chi connectivity index (χ2v) is 6.97. The van der Waals surface area contributed by atoms with Crippen LogP contribution in [0.3, 0.4) is 0 Å². The maximum Gasteiger partial charge on any atom is 0.271 e. The van der Waals surface area contributed by atoms with Crippen LogP contribution in [-0.2, 0) is 0 Å². The SMILES string of the molecule is NC1(O)CCC(NC(=O)c2[nH]ncc2NC(=O)c2c(F)cccc2Cl)CC1. The van der Waals surface area contributed by atoms with Crippen LogP contribution in [0.2, 0.25) is 5.02 Å². The fourth-order valence-electron chi connectivity index (χ4n) is 2.97. The van der Waals surface area contributed by atoms with Crippen molar-refractivity contribution in [1.82, 2.24) is 15.5 Å². The highest BCUT2D eigenvalue weighted by atomic mass is 35.5. The summed E-state index contributed by atoms with van der Waals surface area (Å²) in [5.74, 6) is -2.04. The van der Waals surface area contributed by atoms with Crippen LogP contribution in [0.15, 0.2) is 24.4 Å². The highest BCUT2D eigenvalue weighted by molar-refractivity contribution is 6.34. The lowest BCUT2D eigenvalue weighted by molar-refractivity contribution is 0.00251. The van der Waals surface area contributed by atoms with Gasteiger partial charge >= 0.3 is 0 Å². The molecule has 2 aromatic rings. The first-order valence-electron chi connectivity index (χ1n) is 8.38. The largest absolute Gasteiger partial charge is 0.376 e. The lowest BCUT2D eigenvalue weighted by Crippen LogP contribution is -2.48. The molecule has 0 aliphatic heterocycles. The van der Waals surface area contributed by atoms with Crippen LogP contribution in [0.25, 0.3) is 0 Å². The Balaban J connectivity index is 1.69. The summed E-state index contributed by atoms with van der Waals surface area (Å²) in [5, 5.41) is 21.3. The minimum absolute atomic E-state index is 0.0318. The maximum atomic E-state index is 13.9. The number of aliphatic hydroxyl groups is 1. The van der Waals surface area contributed by atoms with E-state index in [1.165, 1.54) is 18.3 Å². The third-order valence-corrected chi connectivity index (χ3v) is 4.81. The summed E-state index contributed by atoms with van der Waals surface area (Å²) in [6.07, 6.45) is 3.05. The number of hydrogen-bond acceptors (Lipinski definition) is 5. The highest BCUT2D eigenvalue weighted by Gasteiger charge is 2.30. The van der Waals surface area contributed by atoms with Crippen LogP contribution < -0.4 is 16.4 Å². The van der Waals surface area contributed by atoms with Crippen molar-refractivity contribution in [3.8, 4) is 0 Å². The number of aromatic nitrogens is 2. The molecule has 0 bridgehead atoms. The van der Waals surface area contributed by atoms with E-state index < -0.39 is 23.4 Å². The number of amides is 2. The number of aromatic amines is 1. The summed E-state index contributed by atoms with van der Waals surface area (Å²) < 4.78 is 13.9. The first-order chi connectivity index (χ1) is 12.8. The van der Waals surface area contributed by atoms with E-state index >= 15 is 0 Å². The van der Waals surface area contributed by atoms with Crippen LogP contribution in [0.1, 0.15) is 46.5 Å². The van der Waals surface area contributed by atoms with Gasteiger partial charge in [-0.15, -0.1) is 0 Å². The molecule has 6 N–H and O–H groups in total. The van der Waals surface area contributed by atoms with Crippen molar-refractivity contribution < 1.29 is 19.1 Å². The number of nitrogens with two attached hydrogens (primary N) is 1. The lowest BCUT2D eigenvalue weighted by atomic mass is 9.89. The molecule has 144 valence electrons. The molecule has 1 aromatic heterocycles. The van der Waals surface area contributed by atoms with Gasteiger partial charge in [-0.1, -0.05) is 17.7 Å². The van der Waals surface area contributed by atoms with Crippen molar-refractivity contribution in [3.05, 3.63) is 46.5 Å². The molecule has 8 nitrogen and oxygen atoms in total. The lowest BCUT2D eigenvalue weighted by Gasteiger charge is -2.33. The Hall–Kier alpha value is -2.49. The molecule has 0 radical (unpaired) electrons. The molecule has 27 heavy (non-hydrogen) atoms. The molecule has 0 unspecified atom stereocenters. The first kappa shape index (κ1) is 19.3. The molecule has 1 saturated carbocycles. The standard InChI is InChI=1S/C17H19ClFN5O3/c18-10-2-1-3-11(19)13(10)15(25)23-12-8-21-24-14(12)16(26)22-9-4-6-17(20,27)7-5-9/h1-3,8-9,27H,4-7,20H2,(H,21,24)(H,22,26)(H,23,25). The van der Waals surface area contributed by atoms with E-state index in [2.05, 4.69) is 20.8 Å². The average molecular weight is 396 g/mol. The predicted octanol–water partition coefficient (Wildman–Crippen LogP) is 1.77. The molecule has 1 aliphatic rings. The minimum Gasteiger partial charge on any atom is -0.376 e. The number of rotatable bonds is 4. The Morgan fingerprint density at radius 2 is 2.04 bits per heavy atom. The van der Waals surface area contributed by atoms with Gasteiger partial charge in [0, 0.05) is 6.04 Å². The minimum atomic E-state index is -1.20. The monoisotopic (exact) mass is 395 g/mol. The maximum absolute atomic E-state index is 13.9. The molecule has 0 atom stereocenters. The van der Waals surface area contributed by atoms with Gasteiger partial charge in [-0.2, -0.15) is 5.10 Å². The Labute approximate surface area is 159 Å². The summed E-state index contributed by atoms with van der Waals surface area (Å²) in [6, 6.07) is 3.74. The zero-order valence-corrected chi connectivity index (χ0v) is 15.0. The first-order valence-corrected chi connectivity index (χ1v) is 8.75. The van der Waals surface area contributed by atoms with Crippen LogP contribution in [0.5, 0.6) is 0 Å². The number of hydrogen-bond donors (Lipinski definition) is 5. The third-order valence-electron chi connectivity index (χ3n) is 4.49. The van der Waals surface area contributed by atoms with Crippen LogP contribution in [0.4, 0.5) is 10.1 Å². The number of nitrogens with one attached hydrogen (secondary N) is 3. The molecule has 0 spiro atoms. The predicted molar refractivity (Wildman–Crippen MR) is 96.8 cm³/mol. The normalized spacial score (nSPS) is 22.3. The second kappa shape index (κ2) is 7.63. The van der Waals surface area contributed by atoms with Gasteiger partial charge in [-0.3, -0.25) is 14.7 Å². The van der Waals surface area contributed by atoms with E-state index in [9.17, 15) is 19.1 Å². The van der Waals surface area contributed by atoms with E-state index in [0.717, 1.165) is 6.07 Å². The molecule has 1 heterocycles. The van der Waals surface area contributed by atoms with Crippen LogP contribution in [0, 0.1) is 5.82 Å². The van der Waals surface area contributed by atoms with Crippen LogP contribution >= 0.6 is 11.6 Å². The summed E-state index contributed by atoms with van der Waals surface area (Å²) in [4.78, 5) is 24.8. The number of H-pyrrole nitrogens is 1. The zero-order chi connectivity index (χ0) is 19.6. The number of halogens is 2. The van der Waals surface area contributed by atoms with Gasteiger partial charge in [0.25, 0.3) is 11.8 Å². The average Bonchev–Trinajstić information content (AvgIpc) is 3.05. The molecule has 1 aliphatic carbocycles. The summed E-state index contributed by atoms with van der Waals surface area (Å²) in [5.41, 5.74) is 4.27. The third kappa shape index (κ3) is 4.44. The van der Waals surface area contributed by atoms with E-state index in [4.69, 9.17) is 17.3 Å². The van der Waals surface area contributed by atoms with Gasteiger partial charge < -0.3 is 21.5 Å². The van der Waals surface area contributed by atoms with Gasteiger partial charge in [-0.05, 0) is 37.8 Å². The van der Waals surface area contributed by atoms with Crippen molar-refractivity contribution in [2.75, 3.05) is 5.32 Å². The summed E-state index contributed by atoms with van der Waals surface area (Å²) in [7, 11) is 0. The molecular weight excluding hydrogens is 377 g/mol. The number of carbonyl (C=O) groups excluding carboxylic acids is 2. The molecule has 1 fully saturated rings. The Bertz CT molecular complexity index is 840. The molecule has 10 heteroatoms. The van der Waals surface area contributed by atoms with Crippen molar-refractivity contribution in [3.63, 3.8) is 0 Å². The van der Waals surface area contributed by atoms with Crippen molar-refractivity contribution in [2.45, 2.75) is 37.5 Å². The van der Waals surface area contributed by atoms with Crippen molar-refractivity contribution in [2.24, 2.45) is 5.73 Å². The van der Waals surface area contributed by atoms with Crippen molar-refractivity contribution >= 4 is 29.1 Å². The Morgan fingerprint density at radius 3 is 2.70 bits per heavy atom. The molecule has 2 amide bonds. The summed E-state index contributed by atoms with van der Waals surface area (Å²) >= 11 is 5.88. The van der Waals surface area contributed by atoms with E-state index in [-0.39, 0.29) is 28.0 Å². The number of nitrogens with zero attached hydrogens (tertiary/aromatic N) is 1. The number of anilines is 1. The second-order valence-electron chi connectivity index (χ2n) is 6.56. The molecule has 1 aromatic carbocycles. The molecule has 3 rings (SSSR count). The van der Waals surface area contributed by atoms with Gasteiger partial charge in [0.15, 0.2) is 0 Å². The van der Waals surface area contributed by atoms with Crippen LogP contribution in [-0.4, -0.2) is 38.9 Å². The Kier molecular flexibility index (Phi) is 5.45. The van der Waals surface area contributed by atoms with Crippen molar-refractivity contribution in [1.29, 1.82) is 0 Å². The van der Waals surface area contributed by atoms with Gasteiger partial charge in [0.1, 0.15) is 17.2 Å². The number of carbonyl (C=O) groups is 2. The van der Waals surface area contributed by atoms with E-state index in [1.54, 1.807) is 0 Å². The van der Waals surface area contributed by atoms with Gasteiger partial charge in [-0.25, -0.2) is 4.39 Å². The van der Waals surface area contributed by atoms with E-state index in [1.807, 2.05) is 0 Å². The quantitative estimate of drug-likeness (QED) is 0.503. The Morgan fingerprint density at radius 1 is 1.33 bits per heavy atom. The fraction of sp³-hybridized carbons (Fsp3) is 0.353. The topological polar surface area (TPSA) is 133 Å². The highest BCUT2D eigenvalue weighted by Crippen LogP contribution is 2.25. The smallest absolute Gasteiger partial charge is 0.271 e. The number of benzene rings is 1. The van der Waals surface area contributed by atoms with Gasteiger partial charge in [0.2, 0.25) is 0 Å². The fourth-order valence-corrected chi connectivity index (χ4v) is 3.22. The molecule has 0 saturated heterocycles. The zero-order valence-electron chi connectivity index (χ0n) is 14.3. The molecular formula is C17H19ClFN5O3. The van der Waals surface area contributed by atoms with Gasteiger partial charge in [0.05, 0.1) is 22.5 Å². The summed E-state index contributed by atoms with van der Waals surface area (Å²) in [6.45, 7) is 0. The van der Waals surface area contributed by atoms with E-state index in [0.29, 0.717) is 25.7 Å².